The summed E-state index contributed by atoms with van der Waals surface area (Å²) in [5, 5.41) is 0. The van der Waals surface area contributed by atoms with Crippen molar-refractivity contribution in [1.82, 2.24) is 0 Å². The van der Waals surface area contributed by atoms with Crippen LogP contribution in [0.1, 0.15) is 37.3 Å². The van der Waals surface area contributed by atoms with Crippen molar-refractivity contribution in [2.24, 2.45) is 0 Å². The van der Waals surface area contributed by atoms with Gasteiger partial charge in [0.25, 0.3) is 0 Å². The molecule has 0 radical (unpaired) electrons. The van der Waals surface area contributed by atoms with Crippen molar-refractivity contribution < 1.29 is 27.0 Å². The predicted molar refractivity (Wildman–Crippen MR) is 152 cm³/mol. The molecule has 0 aliphatic rings. The molecule has 0 N–H and O–H groups in total. The van der Waals surface area contributed by atoms with E-state index in [0.717, 1.165) is 18.4 Å². The van der Waals surface area contributed by atoms with Gasteiger partial charge in [0, 0.05) is 11.1 Å². The lowest BCUT2D eigenvalue weighted by Crippen LogP contribution is -2.01. The number of aryl methyl sites for hydroxylation is 2. The van der Waals surface area contributed by atoms with Gasteiger partial charge in [-0.2, -0.15) is 4.39 Å². The van der Waals surface area contributed by atoms with E-state index in [-0.39, 0.29) is 35.5 Å². The summed E-state index contributed by atoms with van der Waals surface area (Å²) in [4.78, 5) is 0. The number of hydrogen-bond donors (Lipinski definition) is 0. The fourth-order valence-electron chi connectivity index (χ4n) is 4.32. The molecule has 6 heteroatoms. The lowest BCUT2D eigenvalue weighted by molar-refractivity contribution is 0.302. The summed E-state index contributed by atoms with van der Waals surface area (Å²) in [6, 6.07) is 19.9. The average molecular weight is 549 g/mol. The Kier molecular flexibility index (Phi) is 10.0. The van der Waals surface area contributed by atoms with Crippen LogP contribution in [0, 0.1) is 23.3 Å². The molecular formula is C34H32F4O2. The average Bonchev–Trinajstić information content (AvgIpc) is 2.97. The summed E-state index contributed by atoms with van der Waals surface area (Å²) in [5.41, 5.74) is 2.51. The fourth-order valence-corrected chi connectivity index (χ4v) is 4.32. The molecule has 0 aliphatic carbocycles. The zero-order chi connectivity index (χ0) is 28.5. The SMILES string of the molecule is C=CCCOc1ccc(-c2ccc(CCc3ccc(-c4ccc(OCCCC)cc4)c(F)c3F)cc2)c(F)c1F. The van der Waals surface area contributed by atoms with Gasteiger partial charge >= 0.3 is 0 Å². The maximum atomic E-state index is 15.0. The van der Waals surface area contributed by atoms with E-state index in [1.165, 1.54) is 12.1 Å². The van der Waals surface area contributed by atoms with Gasteiger partial charge in [-0.3, -0.25) is 0 Å². The number of ether oxygens (including phenoxy) is 2. The third kappa shape index (κ3) is 6.92. The van der Waals surface area contributed by atoms with E-state index in [1.54, 1.807) is 66.7 Å². The maximum absolute atomic E-state index is 15.0. The molecule has 208 valence electrons. The van der Waals surface area contributed by atoms with Crippen LogP contribution in [-0.4, -0.2) is 13.2 Å². The van der Waals surface area contributed by atoms with Crippen LogP contribution in [-0.2, 0) is 12.8 Å². The molecule has 4 rings (SSSR count). The molecular weight excluding hydrogens is 516 g/mol. The summed E-state index contributed by atoms with van der Waals surface area (Å²) in [6.45, 7) is 6.48. The Morgan fingerprint density at radius 1 is 0.650 bits per heavy atom. The standard InChI is InChI=1S/C34H32F4O2/c1-3-5-21-39-27-16-13-25(14-17-27)28-18-15-26(31(35)32(28)36)12-9-23-7-10-24(11-8-23)29-19-20-30(34(38)33(29)37)40-22-6-4-2/h4,7-8,10-11,13-20H,2-3,5-6,9,12,21-22H2,1H3. The van der Waals surface area contributed by atoms with E-state index in [0.29, 0.717) is 36.3 Å². The Labute approximate surface area is 232 Å². The van der Waals surface area contributed by atoms with Gasteiger partial charge in [0.15, 0.2) is 23.2 Å². The minimum atomic E-state index is -1.04. The summed E-state index contributed by atoms with van der Waals surface area (Å²) < 4.78 is 69.9. The quantitative estimate of drug-likeness (QED) is 0.0941. The molecule has 0 spiro atoms. The van der Waals surface area contributed by atoms with Crippen molar-refractivity contribution in [2.75, 3.05) is 13.2 Å². The van der Waals surface area contributed by atoms with Crippen molar-refractivity contribution in [2.45, 2.75) is 39.0 Å². The number of unbranched alkanes of at least 4 members (excludes halogenated alkanes) is 1. The molecule has 0 saturated carbocycles. The van der Waals surface area contributed by atoms with Crippen molar-refractivity contribution in [3.8, 4) is 33.8 Å². The topological polar surface area (TPSA) is 18.5 Å². The smallest absolute Gasteiger partial charge is 0.201 e. The molecule has 0 unspecified atom stereocenters. The molecule has 0 atom stereocenters. The van der Waals surface area contributed by atoms with Crippen LogP contribution in [0.15, 0.2) is 85.5 Å². The zero-order valence-electron chi connectivity index (χ0n) is 22.5. The highest BCUT2D eigenvalue weighted by Crippen LogP contribution is 2.31. The molecule has 0 heterocycles. The van der Waals surface area contributed by atoms with E-state index in [4.69, 9.17) is 9.47 Å². The molecule has 0 amide bonds. The Bertz CT molecular complexity index is 1430. The second-order valence-corrected chi connectivity index (χ2v) is 9.49. The molecule has 0 bridgehead atoms. The third-order valence-electron chi connectivity index (χ3n) is 6.67. The van der Waals surface area contributed by atoms with E-state index < -0.39 is 23.3 Å². The van der Waals surface area contributed by atoms with Gasteiger partial charge in [-0.05, 0) is 72.2 Å². The van der Waals surface area contributed by atoms with Crippen molar-refractivity contribution >= 4 is 0 Å². The summed E-state index contributed by atoms with van der Waals surface area (Å²) >= 11 is 0. The molecule has 0 fully saturated rings. The largest absolute Gasteiger partial charge is 0.494 e. The minimum absolute atomic E-state index is 0.115. The number of hydrogen-bond acceptors (Lipinski definition) is 2. The van der Waals surface area contributed by atoms with E-state index in [1.807, 2.05) is 0 Å². The van der Waals surface area contributed by atoms with Crippen molar-refractivity contribution in [3.63, 3.8) is 0 Å². The lowest BCUT2D eigenvalue weighted by atomic mass is 9.97. The number of benzene rings is 4. The van der Waals surface area contributed by atoms with Crippen LogP contribution in [0.2, 0.25) is 0 Å². The van der Waals surface area contributed by atoms with Gasteiger partial charge in [-0.15, -0.1) is 6.58 Å². The third-order valence-corrected chi connectivity index (χ3v) is 6.67. The molecule has 2 nitrogen and oxygen atoms in total. The van der Waals surface area contributed by atoms with Gasteiger partial charge in [-0.25, -0.2) is 13.2 Å². The predicted octanol–water partition coefficient (Wildman–Crippen LogP) is 9.50. The van der Waals surface area contributed by atoms with E-state index >= 15 is 0 Å². The second kappa shape index (κ2) is 13.8. The van der Waals surface area contributed by atoms with Crippen LogP contribution in [0.25, 0.3) is 22.3 Å². The summed E-state index contributed by atoms with van der Waals surface area (Å²) in [6.07, 6.45) is 4.87. The first-order valence-corrected chi connectivity index (χ1v) is 13.4. The van der Waals surface area contributed by atoms with Crippen molar-refractivity contribution in [1.29, 1.82) is 0 Å². The Morgan fingerprint density at radius 2 is 1.27 bits per heavy atom. The monoisotopic (exact) mass is 548 g/mol. The number of halogens is 4. The zero-order valence-corrected chi connectivity index (χ0v) is 22.5. The van der Waals surface area contributed by atoms with Gasteiger partial charge < -0.3 is 9.47 Å². The Balaban J connectivity index is 1.41. The Hall–Kier alpha value is -4.06. The minimum Gasteiger partial charge on any atom is -0.494 e. The normalized spacial score (nSPS) is 10.9. The molecule has 4 aromatic rings. The highest BCUT2D eigenvalue weighted by Gasteiger charge is 2.17. The van der Waals surface area contributed by atoms with Gasteiger partial charge in [0.2, 0.25) is 5.82 Å². The fraction of sp³-hybridized carbons (Fsp3) is 0.235. The van der Waals surface area contributed by atoms with Crippen LogP contribution >= 0.6 is 0 Å². The number of rotatable bonds is 13. The van der Waals surface area contributed by atoms with Gasteiger partial charge in [-0.1, -0.05) is 68.0 Å². The van der Waals surface area contributed by atoms with E-state index in [9.17, 15) is 17.6 Å². The highest BCUT2D eigenvalue weighted by molar-refractivity contribution is 5.66. The Morgan fingerprint density at radius 3 is 1.93 bits per heavy atom. The molecule has 4 aromatic carbocycles. The highest BCUT2D eigenvalue weighted by atomic mass is 19.2. The molecule has 0 aliphatic heterocycles. The van der Waals surface area contributed by atoms with Crippen LogP contribution in [0.5, 0.6) is 11.5 Å². The second-order valence-electron chi connectivity index (χ2n) is 9.49. The summed E-state index contributed by atoms with van der Waals surface area (Å²) in [5.74, 6) is -3.23. The van der Waals surface area contributed by atoms with Crippen molar-refractivity contribution in [3.05, 3.63) is 120 Å². The first kappa shape index (κ1) is 28.9. The van der Waals surface area contributed by atoms with Crippen LogP contribution in [0.4, 0.5) is 17.6 Å². The van der Waals surface area contributed by atoms with E-state index in [2.05, 4.69) is 13.5 Å². The van der Waals surface area contributed by atoms with Gasteiger partial charge in [0.05, 0.1) is 13.2 Å². The molecule has 0 aromatic heterocycles. The molecule has 0 saturated heterocycles. The van der Waals surface area contributed by atoms with Gasteiger partial charge in [0.1, 0.15) is 5.75 Å². The first-order valence-electron chi connectivity index (χ1n) is 13.4. The summed E-state index contributed by atoms with van der Waals surface area (Å²) in [7, 11) is 0. The van der Waals surface area contributed by atoms with Crippen LogP contribution < -0.4 is 9.47 Å². The first-order chi connectivity index (χ1) is 19.4. The lowest BCUT2D eigenvalue weighted by Gasteiger charge is -2.11. The van der Waals surface area contributed by atoms with Crippen LogP contribution in [0.3, 0.4) is 0 Å². The molecule has 40 heavy (non-hydrogen) atoms. The maximum Gasteiger partial charge on any atom is 0.201 e.